The van der Waals surface area contributed by atoms with Gasteiger partial charge in [0.25, 0.3) is 0 Å². The first-order valence-corrected chi connectivity index (χ1v) is 10.8. The van der Waals surface area contributed by atoms with Crippen molar-refractivity contribution in [3.05, 3.63) is 95.2 Å². The van der Waals surface area contributed by atoms with Gasteiger partial charge in [0, 0.05) is 28.1 Å². The molecule has 2 heterocycles. The maximum atomic E-state index is 11.2. The van der Waals surface area contributed by atoms with Crippen molar-refractivity contribution >= 4 is 17.2 Å². The van der Waals surface area contributed by atoms with Crippen molar-refractivity contribution in [2.75, 3.05) is 0 Å². The summed E-state index contributed by atoms with van der Waals surface area (Å²) in [5.74, 6) is -0.156. The number of aromatic nitrogens is 2. The van der Waals surface area contributed by atoms with Crippen LogP contribution in [0.15, 0.2) is 72.9 Å². The lowest BCUT2D eigenvalue weighted by Crippen LogP contribution is -1.92. The van der Waals surface area contributed by atoms with E-state index in [-0.39, 0.29) is 5.88 Å². The third-order valence-corrected chi connectivity index (χ3v) is 6.07. The van der Waals surface area contributed by atoms with Gasteiger partial charge in [-0.05, 0) is 53.4 Å². The summed E-state index contributed by atoms with van der Waals surface area (Å²) >= 11 is 0. The molecule has 3 aromatic carbocycles. The topological polar surface area (TPSA) is 114 Å². The Hall–Kier alpha value is -5.20. The lowest BCUT2D eigenvalue weighted by molar-refractivity contribution is 0.112. The van der Waals surface area contributed by atoms with Gasteiger partial charge in [-0.15, -0.1) is 0 Å². The molecular formula is C29H18N4O2. The van der Waals surface area contributed by atoms with Gasteiger partial charge in [0.1, 0.15) is 6.29 Å². The van der Waals surface area contributed by atoms with Crippen molar-refractivity contribution in [2.24, 2.45) is 0 Å². The minimum Gasteiger partial charge on any atom is -0.493 e. The van der Waals surface area contributed by atoms with E-state index in [0.717, 1.165) is 28.5 Å². The molecule has 0 spiro atoms. The van der Waals surface area contributed by atoms with E-state index in [1.807, 2.05) is 43.3 Å². The van der Waals surface area contributed by atoms with Gasteiger partial charge in [0.05, 0.1) is 40.7 Å². The number of pyridine rings is 1. The van der Waals surface area contributed by atoms with Crippen LogP contribution < -0.4 is 0 Å². The summed E-state index contributed by atoms with van der Waals surface area (Å²) in [4.78, 5) is 18.5. The molecule has 0 unspecified atom stereocenters. The number of nitrogens with zero attached hydrogens (tertiary/aromatic N) is 3. The highest BCUT2D eigenvalue weighted by atomic mass is 16.3. The fourth-order valence-electron chi connectivity index (χ4n) is 4.49. The lowest BCUT2D eigenvalue weighted by Gasteiger charge is -2.12. The van der Waals surface area contributed by atoms with Crippen LogP contribution >= 0.6 is 0 Å². The van der Waals surface area contributed by atoms with Crippen LogP contribution in [0.5, 0.6) is 5.88 Å². The minimum atomic E-state index is -0.156. The molecule has 0 fully saturated rings. The van der Waals surface area contributed by atoms with Gasteiger partial charge >= 0.3 is 0 Å². The Bertz CT molecular complexity index is 1690. The Kier molecular flexibility index (Phi) is 5.33. The van der Waals surface area contributed by atoms with E-state index in [2.05, 4.69) is 22.1 Å². The van der Waals surface area contributed by atoms with Gasteiger partial charge in [0.15, 0.2) is 0 Å². The largest absolute Gasteiger partial charge is 0.493 e. The van der Waals surface area contributed by atoms with Crippen molar-refractivity contribution < 1.29 is 9.90 Å². The Morgan fingerprint density at radius 1 is 0.914 bits per heavy atom. The number of hydrogen-bond acceptors (Lipinski definition) is 5. The van der Waals surface area contributed by atoms with Gasteiger partial charge in [0.2, 0.25) is 5.88 Å². The van der Waals surface area contributed by atoms with Gasteiger partial charge < -0.3 is 10.1 Å². The van der Waals surface area contributed by atoms with Gasteiger partial charge in [-0.2, -0.15) is 10.5 Å². The summed E-state index contributed by atoms with van der Waals surface area (Å²) in [6.07, 6.45) is 2.36. The molecule has 0 radical (unpaired) electrons. The molecule has 0 saturated heterocycles. The van der Waals surface area contributed by atoms with Crippen LogP contribution in [-0.4, -0.2) is 21.4 Å². The Morgan fingerprint density at radius 2 is 1.63 bits per heavy atom. The quantitative estimate of drug-likeness (QED) is 0.317. The van der Waals surface area contributed by atoms with E-state index in [4.69, 9.17) is 0 Å². The maximum absolute atomic E-state index is 11.2. The number of aromatic hydroxyl groups is 1. The molecule has 6 nitrogen and oxygen atoms in total. The summed E-state index contributed by atoms with van der Waals surface area (Å²) in [7, 11) is 0. The second-order valence-corrected chi connectivity index (χ2v) is 8.19. The zero-order chi connectivity index (χ0) is 24.5. The maximum Gasteiger partial charge on any atom is 0.211 e. The van der Waals surface area contributed by atoms with E-state index in [0.29, 0.717) is 44.4 Å². The number of aryl methyl sites for hydroxylation is 1. The molecule has 0 aliphatic rings. The molecule has 35 heavy (non-hydrogen) atoms. The molecule has 0 aliphatic heterocycles. The smallest absolute Gasteiger partial charge is 0.211 e. The third-order valence-electron chi connectivity index (χ3n) is 6.07. The van der Waals surface area contributed by atoms with Crippen LogP contribution in [0.4, 0.5) is 0 Å². The normalized spacial score (nSPS) is 10.6. The van der Waals surface area contributed by atoms with Crippen molar-refractivity contribution in [3.63, 3.8) is 0 Å². The fraction of sp³-hybridized carbons (Fsp3) is 0.0345. The van der Waals surface area contributed by atoms with Crippen LogP contribution in [0.2, 0.25) is 0 Å². The SMILES string of the molecule is Cc1cc(C=O)ccc1-c1cccc(-c2[nH]c3cnc(O)cc3c2-c2c(C#N)cccc2C#N)c1. The molecule has 5 aromatic rings. The molecule has 0 atom stereocenters. The zero-order valence-electron chi connectivity index (χ0n) is 18.7. The summed E-state index contributed by atoms with van der Waals surface area (Å²) < 4.78 is 0. The van der Waals surface area contributed by atoms with Crippen LogP contribution in [0.25, 0.3) is 44.4 Å². The second-order valence-electron chi connectivity index (χ2n) is 8.19. The highest BCUT2D eigenvalue weighted by Gasteiger charge is 2.22. The van der Waals surface area contributed by atoms with E-state index in [1.165, 1.54) is 12.3 Å². The van der Waals surface area contributed by atoms with Crippen LogP contribution in [0, 0.1) is 29.6 Å². The van der Waals surface area contributed by atoms with Gasteiger partial charge in [-0.25, -0.2) is 4.98 Å². The van der Waals surface area contributed by atoms with Crippen molar-refractivity contribution in [2.45, 2.75) is 6.92 Å². The fourth-order valence-corrected chi connectivity index (χ4v) is 4.49. The third kappa shape index (κ3) is 3.70. The number of hydrogen-bond donors (Lipinski definition) is 2. The number of benzene rings is 3. The first-order valence-electron chi connectivity index (χ1n) is 10.8. The minimum absolute atomic E-state index is 0.156. The number of rotatable bonds is 4. The van der Waals surface area contributed by atoms with Crippen molar-refractivity contribution in [1.82, 2.24) is 9.97 Å². The van der Waals surface area contributed by atoms with Crippen molar-refractivity contribution in [3.8, 4) is 51.5 Å². The van der Waals surface area contributed by atoms with Gasteiger partial charge in [-0.1, -0.05) is 36.4 Å². The predicted octanol–water partition coefficient (Wildman–Crippen LogP) is 6.13. The number of carbonyl (C=O) groups excluding carboxylic acids is 1. The summed E-state index contributed by atoms with van der Waals surface area (Å²) in [6, 6.07) is 24.4. The highest BCUT2D eigenvalue weighted by Crippen LogP contribution is 2.42. The molecule has 6 heteroatoms. The summed E-state index contributed by atoms with van der Waals surface area (Å²) in [6.45, 7) is 1.96. The van der Waals surface area contributed by atoms with Crippen LogP contribution in [0.3, 0.4) is 0 Å². The average Bonchev–Trinajstić information content (AvgIpc) is 3.26. The van der Waals surface area contributed by atoms with Crippen molar-refractivity contribution in [1.29, 1.82) is 10.5 Å². The monoisotopic (exact) mass is 454 g/mol. The van der Waals surface area contributed by atoms with E-state index in [1.54, 1.807) is 24.3 Å². The van der Waals surface area contributed by atoms with E-state index >= 15 is 0 Å². The number of fused-ring (bicyclic) bond motifs is 1. The molecule has 2 aromatic heterocycles. The first-order chi connectivity index (χ1) is 17.0. The summed E-state index contributed by atoms with van der Waals surface area (Å²) in [5.41, 5.74) is 7.61. The number of aromatic amines is 1. The van der Waals surface area contributed by atoms with Crippen LogP contribution in [0.1, 0.15) is 27.0 Å². The number of aldehydes is 1. The molecule has 0 saturated carbocycles. The second kappa shape index (κ2) is 8.62. The number of carbonyl (C=O) groups is 1. The standard InChI is InChI=1S/C29H18N4O2/c1-17-10-18(16-34)8-9-23(17)19-4-2-5-20(11-19)29-28(24-12-26(35)32-15-25(24)33-29)27-21(13-30)6-3-7-22(27)14-31/h2-12,15-16,33H,1H3,(H,32,35). The highest BCUT2D eigenvalue weighted by molar-refractivity contribution is 6.06. The van der Waals surface area contributed by atoms with Crippen LogP contribution in [-0.2, 0) is 0 Å². The number of H-pyrrole nitrogens is 1. The molecule has 2 N–H and O–H groups in total. The summed E-state index contributed by atoms with van der Waals surface area (Å²) in [5, 5.41) is 30.4. The lowest BCUT2D eigenvalue weighted by atomic mass is 9.90. The Balaban J connectivity index is 1.81. The Labute approximate surface area is 201 Å². The molecule has 0 bridgehead atoms. The molecule has 166 valence electrons. The predicted molar refractivity (Wildman–Crippen MR) is 134 cm³/mol. The molecular weight excluding hydrogens is 436 g/mol. The Morgan fingerprint density at radius 3 is 2.31 bits per heavy atom. The van der Waals surface area contributed by atoms with Gasteiger partial charge in [-0.3, -0.25) is 4.79 Å². The average molecular weight is 454 g/mol. The number of nitriles is 2. The van der Waals surface area contributed by atoms with E-state index in [9.17, 15) is 20.4 Å². The molecule has 5 rings (SSSR count). The molecule has 0 amide bonds. The first kappa shape index (κ1) is 21.6. The zero-order valence-corrected chi connectivity index (χ0v) is 18.7. The number of nitrogens with one attached hydrogen (secondary N) is 1. The molecule has 0 aliphatic carbocycles. The van der Waals surface area contributed by atoms with E-state index < -0.39 is 0 Å².